The molecule has 0 aliphatic carbocycles. The lowest BCUT2D eigenvalue weighted by Gasteiger charge is -2.17. The van der Waals surface area contributed by atoms with Gasteiger partial charge in [0.25, 0.3) is 11.8 Å². The van der Waals surface area contributed by atoms with E-state index in [-0.39, 0.29) is 24.3 Å². The fourth-order valence-electron chi connectivity index (χ4n) is 1.35. The number of nitrogens with two attached hydrogens (primary N) is 2. The third kappa shape index (κ3) is 3.11. The Kier molecular flexibility index (Phi) is 4.50. The first-order chi connectivity index (χ1) is 8.47. The number of carbonyl (C=O) groups excluding carboxylic acids is 3. The van der Waals surface area contributed by atoms with Crippen molar-refractivity contribution in [3.63, 3.8) is 0 Å². The van der Waals surface area contributed by atoms with E-state index < -0.39 is 17.7 Å². The van der Waals surface area contributed by atoms with Gasteiger partial charge in [0.05, 0.1) is 5.56 Å². The second kappa shape index (κ2) is 5.87. The van der Waals surface area contributed by atoms with Crippen molar-refractivity contribution in [2.75, 3.05) is 13.1 Å². The lowest BCUT2D eigenvalue weighted by Crippen LogP contribution is -2.38. The van der Waals surface area contributed by atoms with Crippen LogP contribution in [0.4, 0.5) is 0 Å². The first-order valence-corrected chi connectivity index (χ1v) is 5.25. The molecule has 0 unspecified atom stereocenters. The summed E-state index contributed by atoms with van der Waals surface area (Å²) >= 11 is 0. The fourth-order valence-corrected chi connectivity index (χ4v) is 1.35. The van der Waals surface area contributed by atoms with Crippen LogP contribution in [-0.2, 0) is 4.79 Å². The van der Waals surface area contributed by atoms with Gasteiger partial charge in [0.15, 0.2) is 0 Å². The highest BCUT2D eigenvalue weighted by Crippen LogP contribution is 2.05. The summed E-state index contributed by atoms with van der Waals surface area (Å²) in [6.07, 6.45) is 1.20. The van der Waals surface area contributed by atoms with E-state index in [2.05, 4.69) is 4.98 Å². The lowest BCUT2D eigenvalue weighted by molar-refractivity contribution is -0.126. The van der Waals surface area contributed by atoms with Gasteiger partial charge in [-0.15, -0.1) is 0 Å². The molecule has 0 aliphatic heterocycles. The highest BCUT2D eigenvalue weighted by atomic mass is 16.2. The summed E-state index contributed by atoms with van der Waals surface area (Å²) in [5.74, 6) is -1.58. The Morgan fingerprint density at radius 2 is 2.00 bits per heavy atom. The van der Waals surface area contributed by atoms with Gasteiger partial charge in [-0.2, -0.15) is 0 Å². The molecule has 0 aliphatic rings. The van der Waals surface area contributed by atoms with Crippen LogP contribution in [0.5, 0.6) is 0 Å². The second-order valence-electron chi connectivity index (χ2n) is 3.56. The first kappa shape index (κ1) is 13.8. The van der Waals surface area contributed by atoms with Gasteiger partial charge in [0.2, 0.25) is 5.91 Å². The molecule has 1 heterocycles. The highest BCUT2D eigenvalue weighted by molar-refractivity contribution is 6.04. The van der Waals surface area contributed by atoms with Gasteiger partial charge in [-0.1, -0.05) is 0 Å². The second-order valence-corrected chi connectivity index (χ2v) is 3.56. The maximum absolute atomic E-state index is 12.0. The molecule has 0 saturated heterocycles. The molecule has 0 saturated carbocycles. The van der Waals surface area contributed by atoms with E-state index in [9.17, 15) is 14.4 Å². The molecule has 18 heavy (non-hydrogen) atoms. The predicted octanol–water partition coefficient (Wildman–Crippen LogP) is -0.872. The third-order valence-electron chi connectivity index (χ3n) is 2.24. The van der Waals surface area contributed by atoms with E-state index in [0.29, 0.717) is 0 Å². The Bertz CT molecular complexity index is 470. The van der Waals surface area contributed by atoms with Crippen molar-refractivity contribution in [3.05, 3.63) is 29.6 Å². The quantitative estimate of drug-likeness (QED) is 0.719. The Morgan fingerprint density at radius 3 is 2.39 bits per heavy atom. The summed E-state index contributed by atoms with van der Waals surface area (Å²) in [7, 11) is 0. The summed E-state index contributed by atoms with van der Waals surface area (Å²) in [5.41, 5.74) is 10.6. The van der Waals surface area contributed by atoms with Gasteiger partial charge in [-0.3, -0.25) is 24.3 Å². The topological polar surface area (TPSA) is 119 Å². The minimum absolute atomic E-state index is 0.0553. The van der Waals surface area contributed by atoms with Gasteiger partial charge in [-0.05, 0) is 12.1 Å². The minimum Gasteiger partial charge on any atom is -0.364 e. The Hall–Kier alpha value is -2.28. The summed E-state index contributed by atoms with van der Waals surface area (Å²) < 4.78 is 0. The summed E-state index contributed by atoms with van der Waals surface area (Å²) in [5, 5.41) is 0. The molecule has 4 N–H and O–H groups in total. The van der Waals surface area contributed by atoms with Crippen LogP contribution in [0.2, 0.25) is 0 Å². The molecule has 3 amide bonds. The molecule has 7 heteroatoms. The van der Waals surface area contributed by atoms with Gasteiger partial charge >= 0.3 is 0 Å². The molecule has 0 bridgehead atoms. The number of rotatable bonds is 4. The van der Waals surface area contributed by atoms with Crippen LogP contribution in [-0.4, -0.2) is 40.7 Å². The third-order valence-corrected chi connectivity index (χ3v) is 2.24. The molecule has 0 radical (unpaired) electrons. The van der Waals surface area contributed by atoms with Crippen molar-refractivity contribution in [1.82, 2.24) is 9.88 Å². The summed E-state index contributed by atoms with van der Waals surface area (Å²) in [6, 6.07) is 2.72. The van der Waals surface area contributed by atoms with Crippen molar-refractivity contribution in [1.29, 1.82) is 0 Å². The van der Waals surface area contributed by atoms with Crippen LogP contribution in [0.15, 0.2) is 18.3 Å². The normalized spacial score (nSPS) is 9.89. The SMILES string of the molecule is CC(=O)N(CCN)C(=O)c1ccc(C(N)=O)nc1. The van der Waals surface area contributed by atoms with Crippen molar-refractivity contribution < 1.29 is 14.4 Å². The van der Waals surface area contributed by atoms with E-state index in [1.165, 1.54) is 25.3 Å². The van der Waals surface area contributed by atoms with Crippen LogP contribution in [0.3, 0.4) is 0 Å². The zero-order valence-corrected chi connectivity index (χ0v) is 9.92. The maximum Gasteiger partial charge on any atom is 0.267 e. The molecular weight excluding hydrogens is 236 g/mol. The van der Waals surface area contributed by atoms with Crippen LogP contribution in [0.1, 0.15) is 27.8 Å². The van der Waals surface area contributed by atoms with Crippen LogP contribution >= 0.6 is 0 Å². The summed E-state index contributed by atoms with van der Waals surface area (Å²) in [4.78, 5) is 38.8. The predicted molar refractivity (Wildman–Crippen MR) is 63.5 cm³/mol. The molecule has 0 aromatic carbocycles. The number of hydrogen-bond acceptors (Lipinski definition) is 5. The number of amides is 3. The van der Waals surface area contributed by atoms with Crippen molar-refractivity contribution >= 4 is 17.7 Å². The van der Waals surface area contributed by atoms with Crippen LogP contribution in [0, 0.1) is 0 Å². The number of hydrogen-bond donors (Lipinski definition) is 2. The number of nitrogens with zero attached hydrogens (tertiary/aromatic N) is 2. The van der Waals surface area contributed by atoms with Crippen molar-refractivity contribution in [2.24, 2.45) is 11.5 Å². The molecule has 1 aromatic heterocycles. The van der Waals surface area contributed by atoms with Gasteiger partial charge < -0.3 is 11.5 Å². The van der Waals surface area contributed by atoms with E-state index >= 15 is 0 Å². The molecule has 1 aromatic rings. The van der Waals surface area contributed by atoms with Gasteiger partial charge in [-0.25, -0.2) is 0 Å². The Balaban J connectivity index is 2.95. The monoisotopic (exact) mass is 250 g/mol. The summed E-state index contributed by atoms with van der Waals surface area (Å²) in [6.45, 7) is 1.59. The lowest BCUT2D eigenvalue weighted by atomic mass is 10.2. The van der Waals surface area contributed by atoms with Crippen LogP contribution in [0.25, 0.3) is 0 Å². The molecular formula is C11H14N4O3. The zero-order chi connectivity index (χ0) is 13.7. The molecule has 0 fully saturated rings. The van der Waals surface area contributed by atoms with E-state index in [4.69, 9.17) is 11.5 Å². The van der Waals surface area contributed by atoms with E-state index in [1.54, 1.807) is 0 Å². The number of primary amides is 1. The van der Waals surface area contributed by atoms with Gasteiger partial charge in [0.1, 0.15) is 5.69 Å². The number of carbonyl (C=O) groups is 3. The van der Waals surface area contributed by atoms with Crippen LogP contribution < -0.4 is 11.5 Å². The van der Waals surface area contributed by atoms with Crippen molar-refractivity contribution in [3.8, 4) is 0 Å². The number of pyridine rings is 1. The fraction of sp³-hybridized carbons (Fsp3) is 0.273. The van der Waals surface area contributed by atoms with E-state index in [1.807, 2.05) is 0 Å². The first-order valence-electron chi connectivity index (χ1n) is 5.25. The standard InChI is InChI=1S/C11H14N4O3/c1-7(16)15(5-4-12)11(18)8-2-3-9(10(13)17)14-6-8/h2-3,6H,4-5,12H2,1H3,(H2,13,17). The van der Waals surface area contributed by atoms with Crippen molar-refractivity contribution in [2.45, 2.75) is 6.92 Å². The molecule has 7 nitrogen and oxygen atoms in total. The molecule has 0 spiro atoms. The zero-order valence-electron chi connectivity index (χ0n) is 9.92. The highest BCUT2D eigenvalue weighted by Gasteiger charge is 2.19. The molecule has 1 rings (SSSR count). The maximum atomic E-state index is 12.0. The Morgan fingerprint density at radius 1 is 1.33 bits per heavy atom. The minimum atomic E-state index is -0.681. The number of aromatic nitrogens is 1. The molecule has 96 valence electrons. The smallest absolute Gasteiger partial charge is 0.267 e. The van der Waals surface area contributed by atoms with Gasteiger partial charge in [0, 0.05) is 26.2 Å². The average Bonchev–Trinajstić information content (AvgIpc) is 2.35. The number of imide groups is 1. The molecule has 0 atom stereocenters. The van der Waals surface area contributed by atoms with E-state index in [0.717, 1.165) is 4.90 Å². The Labute approximate surface area is 104 Å². The average molecular weight is 250 g/mol. The largest absolute Gasteiger partial charge is 0.364 e.